The topological polar surface area (TPSA) is 161 Å². The van der Waals surface area contributed by atoms with Gasteiger partial charge < -0.3 is 15.7 Å². The van der Waals surface area contributed by atoms with Crippen molar-refractivity contribution in [1.29, 1.82) is 0 Å². The number of para-hydroxylation sites is 1. The number of nitrogen functional groups attached to an aromatic ring is 1. The number of phenolic OH excluding ortho intramolecular Hbond substituents is 1. The SMILES string of the molecule is CC(C)(C)c1cc(C=NNC(=O)c2nnn(-c3nonc3N)c2CN2CCCc3ccccc32)cc(C(C)(C)C)c1O. The number of phenols is 1. The molecule has 42 heavy (non-hydrogen) atoms. The average Bonchev–Trinajstić information content (AvgIpc) is 3.53. The summed E-state index contributed by atoms with van der Waals surface area (Å²) < 4.78 is 6.17. The van der Waals surface area contributed by atoms with E-state index in [1.54, 1.807) is 6.21 Å². The number of carbonyl (C=O) groups is 1. The van der Waals surface area contributed by atoms with E-state index in [4.69, 9.17) is 10.4 Å². The number of carbonyl (C=O) groups excluding carboxylic acids is 1. The number of fused-ring (bicyclic) bond motifs is 1. The van der Waals surface area contributed by atoms with Gasteiger partial charge in [-0.05, 0) is 63.3 Å². The highest BCUT2D eigenvalue weighted by molar-refractivity contribution is 5.94. The number of aryl methyl sites for hydroxylation is 1. The molecule has 4 N–H and O–H groups in total. The van der Waals surface area contributed by atoms with E-state index in [-0.39, 0.29) is 33.9 Å². The molecule has 5 rings (SSSR count). The van der Waals surface area contributed by atoms with E-state index in [2.05, 4.69) is 48.2 Å². The minimum absolute atomic E-state index is 0.0295. The number of amides is 1. The smallest absolute Gasteiger partial charge is 0.293 e. The molecule has 0 bridgehead atoms. The number of aromatic hydroxyl groups is 1. The molecule has 0 radical (unpaired) electrons. The lowest BCUT2D eigenvalue weighted by atomic mass is 9.78. The molecule has 1 aliphatic rings. The van der Waals surface area contributed by atoms with Crippen LogP contribution >= 0.6 is 0 Å². The summed E-state index contributed by atoms with van der Waals surface area (Å²) in [5.41, 5.74) is 13.2. The van der Waals surface area contributed by atoms with E-state index in [9.17, 15) is 9.90 Å². The summed E-state index contributed by atoms with van der Waals surface area (Å²) in [6, 6.07) is 12.0. The van der Waals surface area contributed by atoms with Gasteiger partial charge in [0.1, 0.15) is 5.75 Å². The molecule has 4 aromatic rings. The maximum absolute atomic E-state index is 13.4. The van der Waals surface area contributed by atoms with Crippen LogP contribution in [0.25, 0.3) is 5.82 Å². The van der Waals surface area contributed by atoms with Crippen LogP contribution in [0.1, 0.15) is 86.4 Å². The molecular formula is C30H37N9O3. The maximum atomic E-state index is 13.4. The number of benzene rings is 2. The molecule has 1 aliphatic heterocycles. The first-order chi connectivity index (χ1) is 19.8. The van der Waals surface area contributed by atoms with Crippen molar-refractivity contribution < 1.29 is 14.5 Å². The molecule has 2 aromatic carbocycles. The molecule has 12 heteroatoms. The van der Waals surface area contributed by atoms with Gasteiger partial charge in [0, 0.05) is 23.4 Å². The minimum Gasteiger partial charge on any atom is -0.507 e. The number of rotatable bonds is 6. The molecular weight excluding hydrogens is 534 g/mol. The van der Waals surface area contributed by atoms with Crippen LogP contribution in [-0.2, 0) is 23.8 Å². The van der Waals surface area contributed by atoms with E-state index >= 15 is 0 Å². The molecule has 12 nitrogen and oxygen atoms in total. The Bertz CT molecular complexity index is 1610. The summed E-state index contributed by atoms with van der Waals surface area (Å²) in [4.78, 5) is 15.6. The molecule has 0 atom stereocenters. The van der Waals surface area contributed by atoms with Crippen molar-refractivity contribution >= 4 is 23.6 Å². The lowest BCUT2D eigenvalue weighted by Crippen LogP contribution is -2.31. The van der Waals surface area contributed by atoms with Gasteiger partial charge in [0.15, 0.2) is 5.69 Å². The fraction of sp³-hybridized carbons (Fsp3) is 0.400. The lowest BCUT2D eigenvalue weighted by Gasteiger charge is -2.31. The largest absolute Gasteiger partial charge is 0.507 e. The van der Waals surface area contributed by atoms with E-state index < -0.39 is 5.91 Å². The van der Waals surface area contributed by atoms with Crippen LogP contribution in [0.4, 0.5) is 11.5 Å². The predicted octanol–water partition coefficient (Wildman–Crippen LogP) is 4.25. The van der Waals surface area contributed by atoms with Crippen LogP contribution in [0.3, 0.4) is 0 Å². The Morgan fingerprint density at radius 1 is 1.12 bits per heavy atom. The Hall–Kier alpha value is -4.74. The van der Waals surface area contributed by atoms with Crippen molar-refractivity contribution in [1.82, 2.24) is 30.7 Å². The zero-order valence-corrected chi connectivity index (χ0v) is 24.8. The van der Waals surface area contributed by atoms with Crippen LogP contribution in [-0.4, -0.2) is 49.1 Å². The summed E-state index contributed by atoms with van der Waals surface area (Å²) in [6.45, 7) is 13.4. The quantitative estimate of drug-likeness (QED) is 0.227. The van der Waals surface area contributed by atoms with E-state index in [1.807, 2.05) is 65.8 Å². The second-order valence-electron chi connectivity index (χ2n) is 12.6. The number of anilines is 2. The molecule has 3 heterocycles. The average molecular weight is 572 g/mol. The van der Waals surface area contributed by atoms with Gasteiger partial charge in [0.2, 0.25) is 11.6 Å². The summed E-state index contributed by atoms with van der Waals surface area (Å²) in [7, 11) is 0. The number of hydrogen-bond donors (Lipinski definition) is 3. The van der Waals surface area contributed by atoms with Crippen molar-refractivity contribution in [2.45, 2.75) is 71.8 Å². The van der Waals surface area contributed by atoms with Gasteiger partial charge in [-0.2, -0.15) is 9.78 Å². The summed E-state index contributed by atoms with van der Waals surface area (Å²) >= 11 is 0. The Balaban J connectivity index is 1.46. The number of nitrogens with one attached hydrogen (secondary N) is 1. The molecule has 0 unspecified atom stereocenters. The number of nitrogens with two attached hydrogens (primary N) is 1. The summed E-state index contributed by atoms with van der Waals surface area (Å²) in [5, 5.41) is 31.1. The van der Waals surface area contributed by atoms with E-state index in [0.717, 1.165) is 41.8 Å². The molecule has 220 valence electrons. The zero-order chi connectivity index (χ0) is 30.2. The molecule has 0 fully saturated rings. The molecule has 1 amide bonds. The monoisotopic (exact) mass is 571 g/mol. The van der Waals surface area contributed by atoms with Gasteiger partial charge in [0.25, 0.3) is 5.91 Å². The van der Waals surface area contributed by atoms with Gasteiger partial charge >= 0.3 is 0 Å². The van der Waals surface area contributed by atoms with Crippen molar-refractivity contribution in [2.75, 3.05) is 17.2 Å². The molecule has 0 aliphatic carbocycles. The highest BCUT2D eigenvalue weighted by Crippen LogP contribution is 2.39. The van der Waals surface area contributed by atoms with Crippen LogP contribution < -0.4 is 16.1 Å². The fourth-order valence-electron chi connectivity index (χ4n) is 5.18. The van der Waals surface area contributed by atoms with Crippen molar-refractivity contribution in [3.8, 4) is 11.6 Å². The third kappa shape index (κ3) is 5.69. The minimum atomic E-state index is -0.543. The first-order valence-electron chi connectivity index (χ1n) is 13.9. The Morgan fingerprint density at radius 3 is 2.45 bits per heavy atom. The number of aromatic nitrogens is 5. The van der Waals surface area contributed by atoms with Crippen LogP contribution in [0.2, 0.25) is 0 Å². The number of hydrazone groups is 1. The van der Waals surface area contributed by atoms with E-state index in [1.165, 1.54) is 10.2 Å². The van der Waals surface area contributed by atoms with Gasteiger partial charge in [0.05, 0.1) is 18.5 Å². The van der Waals surface area contributed by atoms with Crippen molar-refractivity contribution in [3.63, 3.8) is 0 Å². The van der Waals surface area contributed by atoms with E-state index in [0.29, 0.717) is 12.2 Å². The molecule has 0 saturated carbocycles. The summed E-state index contributed by atoms with van der Waals surface area (Å²) in [6.07, 6.45) is 3.52. The van der Waals surface area contributed by atoms with Gasteiger partial charge in [-0.1, -0.05) is 65.0 Å². The van der Waals surface area contributed by atoms with Gasteiger partial charge in [-0.3, -0.25) is 4.79 Å². The number of nitrogens with zero attached hydrogens (tertiary/aromatic N) is 7. The second-order valence-corrected chi connectivity index (χ2v) is 12.6. The molecule has 0 spiro atoms. The first kappa shape index (κ1) is 28.8. The van der Waals surface area contributed by atoms with Gasteiger partial charge in [-0.15, -0.1) is 5.10 Å². The maximum Gasteiger partial charge on any atom is 0.293 e. The highest BCUT2D eigenvalue weighted by atomic mass is 16.6. The fourth-order valence-corrected chi connectivity index (χ4v) is 5.18. The summed E-state index contributed by atoms with van der Waals surface area (Å²) in [5.74, 6) is -0.0855. The predicted molar refractivity (Wildman–Crippen MR) is 160 cm³/mol. The molecule has 0 saturated heterocycles. The Morgan fingerprint density at radius 2 is 1.81 bits per heavy atom. The first-order valence-corrected chi connectivity index (χ1v) is 13.9. The van der Waals surface area contributed by atoms with Crippen molar-refractivity contribution in [3.05, 3.63) is 70.0 Å². The zero-order valence-electron chi connectivity index (χ0n) is 24.8. The van der Waals surface area contributed by atoms with Crippen molar-refractivity contribution in [2.24, 2.45) is 5.10 Å². The number of hydrogen-bond acceptors (Lipinski definition) is 10. The Labute approximate surface area is 244 Å². The lowest BCUT2D eigenvalue weighted by molar-refractivity contribution is 0.0949. The van der Waals surface area contributed by atoms with Crippen LogP contribution in [0.15, 0.2) is 46.1 Å². The second kappa shape index (κ2) is 10.9. The van der Waals surface area contributed by atoms with Gasteiger partial charge in [-0.25, -0.2) is 10.1 Å². The third-order valence-corrected chi connectivity index (χ3v) is 7.35. The highest BCUT2D eigenvalue weighted by Gasteiger charge is 2.28. The molecule has 2 aromatic heterocycles. The van der Waals surface area contributed by atoms with Crippen LogP contribution in [0.5, 0.6) is 5.75 Å². The van der Waals surface area contributed by atoms with Crippen LogP contribution in [0, 0.1) is 0 Å². The normalized spacial score (nSPS) is 13.9. The standard InChI is InChI=1S/C30H37N9O3/c1-29(2,3)20-14-18(15-21(25(20)40)30(4,5)6)16-32-34-28(41)24-23(39(37-33-24)27-26(31)35-42-36-27)17-38-13-9-11-19-10-7-8-12-22(19)38/h7-8,10,12,14-16,40H,9,11,13,17H2,1-6H3,(H2,31,35)(H,34,41). The third-order valence-electron chi connectivity index (χ3n) is 7.35. The Kier molecular flexibility index (Phi) is 7.48.